The second-order valence-electron chi connectivity index (χ2n) is 2.31. The van der Waals surface area contributed by atoms with Crippen LogP contribution in [0.3, 0.4) is 0 Å². The zero-order valence-electron chi connectivity index (χ0n) is 6.50. The molecule has 0 aliphatic carbocycles. The molecule has 52 valence electrons. The molecule has 0 aliphatic heterocycles. The topological polar surface area (TPSA) is 6.25 Å². The molecule has 0 saturated carbocycles. The molecular weight excluding hydrogens is 175 g/mol. The van der Waals surface area contributed by atoms with E-state index in [9.17, 15) is 0 Å². The normalized spacial score (nSPS) is 10.8. The van der Waals surface area contributed by atoms with Crippen LogP contribution >= 0.6 is 0 Å². The Morgan fingerprint density at radius 2 is 1.89 bits per heavy atom. The Labute approximate surface area is 63.4 Å². The van der Waals surface area contributed by atoms with E-state index in [2.05, 4.69) is 47.6 Å². The van der Waals surface area contributed by atoms with Gasteiger partial charge in [-0.05, 0) is 0 Å². The van der Waals surface area contributed by atoms with E-state index < -0.39 is 0 Å². The van der Waals surface area contributed by atoms with Gasteiger partial charge in [-0.1, -0.05) is 0 Å². The maximum atomic E-state index is 2.22. The van der Waals surface area contributed by atoms with E-state index in [0.29, 0.717) is 0 Å². The monoisotopic (exact) mass is 189 g/mol. The number of nitrogens with zero attached hydrogens (tertiary/aromatic N) is 2. The molecule has 0 rings (SSSR count). The van der Waals surface area contributed by atoms with Gasteiger partial charge in [0, 0.05) is 0 Å². The van der Waals surface area contributed by atoms with Crippen LogP contribution in [0.5, 0.6) is 0 Å². The fourth-order valence-electron chi connectivity index (χ4n) is 0.296. The number of hydrogen-bond donors (Lipinski definition) is 0. The summed E-state index contributed by atoms with van der Waals surface area (Å²) in [5.41, 5.74) is 0. The SMILES string of the molecule is CN(C)C=[As]C=[N+](C)C. The van der Waals surface area contributed by atoms with Crippen LogP contribution in [-0.4, -0.2) is 62.9 Å². The molecule has 0 amide bonds. The average molecular weight is 189 g/mol. The molecule has 9 heavy (non-hydrogen) atoms. The van der Waals surface area contributed by atoms with Gasteiger partial charge in [0.25, 0.3) is 0 Å². The van der Waals surface area contributed by atoms with Crippen molar-refractivity contribution in [2.75, 3.05) is 28.2 Å². The third kappa shape index (κ3) is 8.06. The molecule has 0 N–H and O–H groups in total. The van der Waals surface area contributed by atoms with E-state index in [4.69, 9.17) is 0 Å². The first-order chi connectivity index (χ1) is 4.13. The van der Waals surface area contributed by atoms with Crippen molar-refractivity contribution >= 4 is 25.2 Å². The molecule has 0 saturated heterocycles. The molecule has 0 fully saturated rings. The second-order valence-corrected chi connectivity index (χ2v) is 3.90. The van der Waals surface area contributed by atoms with Gasteiger partial charge < -0.3 is 0 Å². The maximum absolute atomic E-state index is 2.22. The van der Waals surface area contributed by atoms with E-state index in [1.165, 1.54) is 0 Å². The first-order valence-corrected chi connectivity index (χ1v) is 4.99. The minimum absolute atomic E-state index is 0.274. The van der Waals surface area contributed by atoms with Crippen LogP contribution in [-0.2, 0) is 0 Å². The van der Waals surface area contributed by atoms with Crippen LogP contribution < -0.4 is 0 Å². The zero-order chi connectivity index (χ0) is 7.28. The van der Waals surface area contributed by atoms with E-state index in [1.54, 1.807) is 0 Å². The van der Waals surface area contributed by atoms with Gasteiger partial charge in [-0.25, -0.2) is 0 Å². The second kappa shape index (κ2) is 4.89. The van der Waals surface area contributed by atoms with Crippen LogP contribution in [0, 0.1) is 0 Å². The Hall–Kier alpha value is 0.0584. The van der Waals surface area contributed by atoms with Gasteiger partial charge in [0.05, 0.1) is 0 Å². The predicted octanol–water partition coefficient (Wildman–Crippen LogP) is -0.688. The third-order valence-corrected chi connectivity index (χ3v) is 3.09. The Kier molecular flexibility index (Phi) is 4.92. The fourth-order valence-corrected chi connectivity index (χ4v) is 1.54. The van der Waals surface area contributed by atoms with Crippen molar-refractivity contribution < 1.29 is 4.58 Å². The van der Waals surface area contributed by atoms with E-state index in [-0.39, 0.29) is 15.3 Å². The predicted molar refractivity (Wildman–Crippen MR) is 43.7 cm³/mol. The standard InChI is InChI=1S/C6H14AsN2/c1-8(2)5-7-6-9(3)4/h5-6H,1-4H3/q+1. The molecule has 0 aliphatic rings. The van der Waals surface area contributed by atoms with Crippen LogP contribution in [0.4, 0.5) is 0 Å². The number of rotatable bonds is 2. The summed E-state index contributed by atoms with van der Waals surface area (Å²) in [7, 11) is 8.22. The molecule has 0 aromatic rings. The van der Waals surface area contributed by atoms with Crippen molar-refractivity contribution in [2.45, 2.75) is 0 Å². The van der Waals surface area contributed by atoms with Crippen molar-refractivity contribution in [3.05, 3.63) is 0 Å². The molecule has 0 aromatic carbocycles. The van der Waals surface area contributed by atoms with E-state index in [0.717, 1.165) is 0 Å². The molecule has 0 spiro atoms. The van der Waals surface area contributed by atoms with Crippen LogP contribution in [0.25, 0.3) is 0 Å². The number of hydrogen-bond acceptors (Lipinski definition) is 1. The molecule has 0 aromatic heterocycles. The van der Waals surface area contributed by atoms with E-state index in [1.807, 2.05) is 0 Å². The molecule has 0 radical (unpaired) electrons. The Balaban J connectivity index is 3.60. The quantitative estimate of drug-likeness (QED) is 0.316. The molecule has 3 heteroatoms. The van der Waals surface area contributed by atoms with Gasteiger partial charge in [-0.15, -0.1) is 0 Å². The molecule has 0 heterocycles. The fraction of sp³-hybridized carbons (Fsp3) is 0.667. The summed E-state index contributed by atoms with van der Waals surface area (Å²) < 4.78 is 2.10. The van der Waals surface area contributed by atoms with Gasteiger partial charge in [-0.2, -0.15) is 0 Å². The Bertz CT molecular complexity index is 123. The summed E-state index contributed by atoms with van der Waals surface area (Å²) in [5.74, 6) is 0. The van der Waals surface area contributed by atoms with Crippen LogP contribution in [0.1, 0.15) is 0 Å². The first kappa shape index (κ1) is 9.06. The summed E-state index contributed by atoms with van der Waals surface area (Å²) in [6, 6.07) is 0. The minimum atomic E-state index is 0.274. The van der Waals surface area contributed by atoms with Gasteiger partial charge in [0.1, 0.15) is 0 Å². The summed E-state index contributed by atoms with van der Waals surface area (Å²) in [4.78, 5) is 4.32. The molecule has 0 unspecified atom stereocenters. The van der Waals surface area contributed by atoms with Crippen molar-refractivity contribution in [3.8, 4) is 0 Å². The summed E-state index contributed by atoms with van der Waals surface area (Å²) >= 11 is 0.274. The molecule has 0 atom stereocenters. The summed E-state index contributed by atoms with van der Waals surface area (Å²) in [6.07, 6.45) is 0. The van der Waals surface area contributed by atoms with Gasteiger partial charge >= 0.3 is 62.9 Å². The average Bonchev–Trinajstić information content (AvgIpc) is 1.63. The Morgan fingerprint density at radius 3 is 2.22 bits per heavy atom. The van der Waals surface area contributed by atoms with E-state index >= 15 is 0 Å². The molecule has 2 nitrogen and oxygen atoms in total. The summed E-state index contributed by atoms with van der Waals surface area (Å²) in [6.45, 7) is 0. The van der Waals surface area contributed by atoms with Crippen molar-refractivity contribution in [1.82, 2.24) is 4.90 Å². The van der Waals surface area contributed by atoms with Crippen molar-refractivity contribution in [2.24, 2.45) is 0 Å². The molecular formula is C6H14AsN2+. The van der Waals surface area contributed by atoms with Crippen LogP contribution in [0.2, 0.25) is 0 Å². The van der Waals surface area contributed by atoms with Gasteiger partial charge in [-0.3, -0.25) is 0 Å². The first-order valence-electron chi connectivity index (χ1n) is 2.82. The van der Waals surface area contributed by atoms with Gasteiger partial charge in [0.15, 0.2) is 0 Å². The van der Waals surface area contributed by atoms with Crippen LogP contribution in [0.15, 0.2) is 0 Å². The van der Waals surface area contributed by atoms with Crippen molar-refractivity contribution in [3.63, 3.8) is 0 Å². The van der Waals surface area contributed by atoms with Gasteiger partial charge in [0.2, 0.25) is 0 Å². The Morgan fingerprint density at radius 1 is 1.33 bits per heavy atom. The summed E-state index contributed by atoms with van der Waals surface area (Å²) in [5, 5.41) is 2.22. The third-order valence-electron chi connectivity index (χ3n) is 0.595. The van der Waals surface area contributed by atoms with Crippen molar-refractivity contribution in [1.29, 1.82) is 0 Å². The zero-order valence-corrected chi connectivity index (χ0v) is 8.37. The molecule has 0 bridgehead atoms.